The summed E-state index contributed by atoms with van der Waals surface area (Å²) in [5, 5.41) is 3.19. The van der Waals surface area contributed by atoms with E-state index in [1.165, 1.54) is 10.5 Å². The number of carbonyl (C=O) groups excluding carboxylic acids is 1. The topological polar surface area (TPSA) is 52.0 Å². The second kappa shape index (κ2) is 9.31. The molecule has 1 aliphatic rings. The zero-order valence-electron chi connectivity index (χ0n) is 18.2. The predicted octanol–water partition coefficient (Wildman–Crippen LogP) is 3.49. The van der Waals surface area contributed by atoms with Crippen molar-refractivity contribution in [3.63, 3.8) is 0 Å². The largest absolute Gasteiger partial charge is 0.497 e. The summed E-state index contributed by atoms with van der Waals surface area (Å²) in [4.78, 5) is 14.2. The Labute approximate surface area is 174 Å². The number of nitrogens with one attached hydrogen (secondary N) is 2. The third-order valence-electron chi connectivity index (χ3n) is 5.87. The summed E-state index contributed by atoms with van der Waals surface area (Å²) in [6, 6.07) is 12.3. The zero-order chi connectivity index (χ0) is 21.0. The second-order valence-corrected chi connectivity index (χ2v) is 8.13. The van der Waals surface area contributed by atoms with Crippen LogP contribution in [-0.2, 0) is 4.79 Å². The fraction of sp³-hybridized carbons (Fsp3) is 0.458. The van der Waals surface area contributed by atoms with Crippen LogP contribution in [0.3, 0.4) is 0 Å². The molecule has 5 nitrogen and oxygen atoms in total. The SMILES string of the molecule is COc1ccc(OC)c([C@@H]2CCC[NH+]2CC(=O)Nc2c(C)cccc2C(C)C)c1. The number of amides is 1. The van der Waals surface area contributed by atoms with Gasteiger partial charge in [0.1, 0.15) is 17.5 Å². The van der Waals surface area contributed by atoms with Crippen molar-refractivity contribution in [1.29, 1.82) is 0 Å². The minimum atomic E-state index is 0.0602. The molecule has 1 aliphatic heterocycles. The van der Waals surface area contributed by atoms with Gasteiger partial charge in [-0.25, -0.2) is 0 Å². The van der Waals surface area contributed by atoms with E-state index in [4.69, 9.17) is 9.47 Å². The molecule has 0 aromatic heterocycles. The molecule has 2 N–H and O–H groups in total. The molecule has 0 bridgehead atoms. The Hall–Kier alpha value is -2.53. The fourth-order valence-corrected chi connectivity index (χ4v) is 4.34. The van der Waals surface area contributed by atoms with Crippen molar-refractivity contribution in [2.45, 2.75) is 45.6 Å². The molecule has 0 radical (unpaired) electrons. The molecule has 1 heterocycles. The Morgan fingerprint density at radius 1 is 1.21 bits per heavy atom. The van der Waals surface area contributed by atoms with Gasteiger partial charge in [0.05, 0.1) is 26.3 Å². The number of aryl methyl sites for hydroxylation is 1. The van der Waals surface area contributed by atoms with Gasteiger partial charge in [0, 0.05) is 18.5 Å². The fourth-order valence-electron chi connectivity index (χ4n) is 4.34. The highest BCUT2D eigenvalue weighted by Crippen LogP contribution is 2.32. The number of methoxy groups -OCH3 is 2. The zero-order valence-corrected chi connectivity index (χ0v) is 18.2. The molecule has 29 heavy (non-hydrogen) atoms. The lowest BCUT2D eigenvalue weighted by atomic mass is 9.98. The Bertz CT molecular complexity index is 863. The summed E-state index contributed by atoms with van der Waals surface area (Å²) in [6.07, 6.45) is 2.13. The van der Waals surface area contributed by atoms with Crippen LogP contribution in [0.4, 0.5) is 5.69 Å². The van der Waals surface area contributed by atoms with Gasteiger partial charge < -0.3 is 19.7 Å². The van der Waals surface area contributed by atoms with Gasteiger partial charge in [-0.1, -0.05) is 32.0 Å². The molecule has 0 spiro atoms. The lowest BCUT2D eigenvalue weighted by Gasteiger charge is -2.24. The smallest absolute Gasteiger partial charge is 0.279 e. The van der Waals surface area contributed by atoms with E-state index >= 15 is 0 Å². The molecule has 1 unspecified atom stereocenters. The summed E-state index contributed by atoms with van der Waals surface area (Å²) in [6.45, 7) is 7.77. The maximum atomic E-state index is 13.0. The van der Waals surface area contributed by atoms with Crippen LogP contribution in [0.2, 0.25) is 0 Å². The van der Waals surface area contributed by atoms with Crippen LogP contribution >= 0.6 is 0 Å². The van der Waals surface area contributed by atoms with E-state index in [9.17, 15) is 4.79 Å². The highest BCUT2D eigenvalue weighted by Gasteiger charge is 2.34. The highest BCUT2D eigenvalue weighted by atomic mass is 16.5. The molecule has 2 atom stereocenters. The number of anilines is 1. The third kappa shape index (κ3) is 4.73. The summed E-state index contributed by atoms with van der Waals surface area (Å²) in [5.74, 6) is 2.10. The number of rotatable bonds is 7. The number of benzene rings is 2. The Kier molecular flexibility index (Phi) is 6.80. The molecule has 156 valence electrons. The number of carbonyl (C=O) groups is 1. The Morgan fingerprint density at radius 3 is 2.69 bits per heavy atom. The monoisotopic (exact) mass is 397 g/mol. The van der Waals surface area contributed by atoms with Gasteiger partial charge in [0.15, 0.2) is 6.54 Å². The van der Waals surface area contributed by atoms with Crippen molar-refractivity contribution in [2.75, 3.05) is 32.6 Å². The molecule has 1 saturated heterocycles. The third-order valence-corrected chi connectivity index (χ3v) is 5.87. The lowest BCUT2D eigenvalue weighted by molar-refractivity contribution is -0.910. The molecule has 0 saturated carbocycles. The first kappa shape index (κ1) is 21.2. The van der Waals surface area contributed by atoms with Crippen molar-refractivity contribution >= 4 is 11.6 Å². The Balaban J connectivity index is 1.78. The van der Waals surface area contributed by atoms with Gasteiger partial charge in [-0.3, -0.25) is 4.79 Å². The van der Waals surface area contributed by atoms with E-state index < -0.39 is 0 Å². The number of hydrogen-bond donors (Lipinski definition) is 2. The van der Waals surface area contributed by atoms with E-state index in [0.29, 0.717) is 12.5 Å². The van der Waals surface area contributed by atoms with E-state index in [2.05, 4.69) is 31.3 Å². The van der Waals surface area contributed by atoms with Gasteiger partial charge in [-0.15, -0.1) is 0 Å². The molecule has 1 fully saturated rings. The summed E-state index contributed by atoms with van der Waals surface area (Å²) in [5.41, 5.74) is 4.36. The minimum absolute atomic E-state index is 0.0602. The van der Waals surface area contributed by atoms with Crippen LogP contribution in [0.5, 0.6) is 11.5 Å². The van der Waals surface area contributed by atoms with Crippen LogP contribution in [0.1, 0.15) is 55.3 Å². The van der Waals surface area contributed by atoms with E-state index in [1.54, 1.807) is 14.2 Å². The maximum Gasteiger partial charge on any atom is 0.279 e. The van der Waals surface area contributed by atoms with Crippen molar-refractivity contribution in [3.8, 4) is 11.5 Å². The van der Waals surface area contributed by atoms with Gasteiger partial charge in [-0.2, -0.15) is 0 Å². The van der Waals surface area contributed by atoms with Gasteiger partial charge in [-0.05, 0) is 42.2 Å². The second-order valence-electron chi connectivity index (χ2n) is 8.13. The summed E-state index contributed by atoms with van der Waals surface area (Å²) >= 11 is 0. The number of ether oxygens (including phenoxy) is 2. The van der Waals surface area contributed by atoms with Crippen LogP contribution < -0.4 is 19.7 Å². The van der Waals surface area contributed by atoms with E-state index in [0.717, 1.165) is 47.7 Å². The standard InChI is InChI=1S/C24H32N2O3/c1-16(2)19-9-6-8-17(3)24(19)25-23(27)15-26-13-7-10-21(26)20-14-18(28-4)11-12-22(20)29-5/h6,8-9,11-12,14,16,21H,7,10,13,15H2,1-5H3,(H,25,27)/p+1/t21-/m0/s1. The molecule has 2 aromatic carbocycles. The lowest BCUT2D eigenvalue weighted by Crippen LogP contribution is -3.11. The van der Waals surface area contributed by atoms with Crippen LogP contribution in [0.15, 0.2) is 36.4 Å². The van der Waals surface area contributed by atoms with Crippen LogP contribution in [0.25, 0.3) is 0 Å². The number of para-hydroxylation sites is 1. The number of hydrogen-bond acceptors (Lipinski definition) is 3. The average Bonchev–Trinajstić information content (AvgIpc) is 3.16. The van der Waals surface area contributed by atoms with Crippen LogP contribution in [-0.4, -0.2) is 33.2 Å². The summed E-state index contributed by atoms with van der Waals surface area (Å²) in [7, 11) is 3.37. The summed E-state index contributed by atoms with van der Waals surface area (Å²) < 4.78 is 11.0. The molecular weight excluding hydrogens is 364 g/mol. The van der Waals surface area contributed by atoms with Crippen LogP contribution in [0, 0.1) is 6.92 Å². The van der Waals surface area contributed by atoms with Crippen molar-refractivity contribution < 1.29 is 19.2 Å². The minimum Gasteiger partial charge on any atom is -0.497 e. The normalized spacial score (nSPS) is 18.7. The van der Waals surface area contributed by atoms with Crippen molar-refractivity contribution in [1.82, 2.24) is 0 Å². The van der Waals surface area contributed by atoms with E-state index in [1.807, 2.05) is 31.2 Å². The molecule has 2 aromatic rings. The van der Waals surface area contributed by atoms with E-state index in [-0.39, 0.29) is 11.9 Å². The van der Waals surface area contributed by atoms with Crippen molar-refractivity contribution in [2.24, 2.45) is 0 Å². The first-order valence-corrected chi connectivity index (χ1v) is 10.4. The maximum absolute atomic E-state index is 13.0. The molecule has 0 aliphatic carbocycles. The van der Waals surface area contributed by atoms with Gasteiger partial charge in [0.25, 0.3) is 5.91 Å². The highest BCUT2D eigenvalue weighted by molar-refractivity contribution is 5.93. The first-order chi connectivity index (χ1) is 13.9. The molecular formula is C24H33N2O3+. The molecule has 5 heteroatoms. The molecule has 1 amide bonds. The number of quaternary nitrogens is 1. The predicted molar refractivity (Wildman–Crippen MR) is 116 cm³/mol. The number of likely N-dealkylation sites (tertiary alicyclic amines) is 1. The van der Waals surface area contributed by atoms with Gasteiger partial charge in [0.2, 0.25) is 0 Å². The first-order valence-electron chi connectivity index (χ1n) is 10.4. The average molecular weight is 398 g/mol. The quantitative estimate of drug-likeness (QED) is 0.752. The molecule has 3 rings (SSSR count). The van der Waals surface area contributed by atoms with Crippen molar-refractivity contribution in [3.05, 3.63) is 53.1 Å². The Morgan fingerprint density at radius 2 is 2.00 bits per heavy atom. The van der Waals surface area contributed by atoms with Gasteiger partial charge >= 0.3 is 0 Å².